The van der Waals surface area contributed by atoms with Crippen LogP contribution in [0.15, 0.2) is 0 Å². The van der Waals surface area contributed by atoms with Crippen molar-refractivity contribution in [1.82, 2.24) is 13.9 Å². The van der Waals surface area contributed by atoms with E-state index in [2.05, 4.69) is 9.62 Å². The van der Waals surface area contributed by atoms with E-state index in [0.717, 1.165) is 32.4 Å². The second kappa shape index (κ2) is 5.57. The van der Waals surface area contributed by atoms with E-state index in [1.165, 1.54) is 4.31 Å². The summed E-state index contributed by atoms with van der Waals surface area (Å²) in [5.74, 6) is -1.22. The molecule has 9 heteroatoms. The maximum Gasteiger partial charge on any atom is 0.321 e. The lowest BCUT2D eigenvalue weighted by atomic mass is 9.97. The SMILES string of the molecule is CN1CCC2(CCCN2S(=O)(=O)NC[C@H](N)C(=O)O)C1. The molecule has 2 aliphatic rings. The molecule has 0 amide bonds. The van der Waals surface area contributed by atoms with Crippen LogP contribution >= 0.6 is 0 Å². The summed E-state index contributed by atoms with van der Waals surface area (Å²) < 4.78 is 28.6. The predicted octanol–water partition coefficient (Wildman–Crippen LogP) is -1.60. The fraction of sp³-hybridized carbons (Fsp3) is 0.909. The molecule has 2 aliphatic heterocycles. The van der Waals surface area contributed by atoms with Crippen LogP contribution in [-0.2, 0) is 15.0 Å². The van der Waals surface area contributed by atoms with Crippen LogP contribution in [0, 0.1) is 0 Å². The number of likely N-dealkylation sites (N-methyl/N-ethyl adjacent to an activating group) is 1. The molecule has 1 spiro atoms. The molecule has 0 aromatic rings. The maximum atomic E-state index is 12.4. The summed E-state index contributed by atoms with van der Waals surface area (Å²) in [4.78, 5) is 12.8. The Kier molecular flexibility index (Phi) is 4.35. The monoisotopic (exact) mass is 306 g/mol. The lowest BCUT2D eigenvalue weighted by molar-refractivity contribution is -0.138. The number of nitrogens with two attached hydrogens (primary N) is 1. The van der Waals surface area contributed by atoms with Crippen LogP contribution in [0.2, 0.25) is 0 Å². The minimum absolute atomic E-state index is 0.292. The third-order valence-electron chi connectivity index (χ3n) is 4.15. The molecule has 2 fully saturated rings. The van der Waals surface area contributed by atoms with Crippen LogP contribution in [0.4, 0.5) is 0 Å². The highest BCUT2D eigenvalue weighted by atomic mass is 32.2. The molecule has 0 saturated carbocycles. The second-order valence-corrected chi connectivity index (χ2v) is 7.37. The molecule has 0 aromatic heterocycles. The average Bonchev–Trinajstić information content (AvgIpc) is 2.94. The number of carbonyl (C=O) groups is 1. The standard InChI is InChI=1S/C11H22N4O4S/c1-14-6-4-11(8-14)3-2-5-15(11)20(18,19)13-7-9(12)10(16)17/h9,13H,2-8,12H2,1H3,(H,16,17)/t9-,11?/m0/s1. The van der Waals surface area contributed by atoms with E-state index in [-0.39, 0.29) is 12.1 Å². The Morgan fingerprint density at radius 3 is 2.70 bits per heavy atom. The molecule has 2 rings (SSSR count). The Hall–Kier alpha value is -0.740. The molecule has 2 saturated heterocycles. The summed E-state index contributed by atoms with van der Waals surface area (Å²) in [5, 5.41) is 8.70. The van der Waals surface area contributed by atoms with Gasteiger partial charge in [-0.2, -0.15) is 17.4 Å². The lowest BCUT2D eigenvalue weighted by Gasteiger charge is -2.34. The molecule has 2 heterocycles. The Bertz CT molecular complexity index is 483. The number of carboxylic acid groups (broad SMARTS) is 1. The van der Waals surface area contributed by atoms with Gasteiger partial charge in [0.05, 0.1) is 5.54 Å². The lowest BCUT2D eigenvalue weighted by Crippen LogP contribution is -2.54. The zero-order chi connectivity index (χ0) is 15.0. The van der Waals surface area contributed by atoms with Gasteiger partial charge in [-0.3, -0.25) is 4.79 Å². The highest BCUT2D eigenvalue weighted by molar-refractivity contribution is 7.87. The number of hydrogen-bond donors (Lipinski definition) is 3. The van der Waals surface area contributed by atoms with Gasteiger partial charge in [0.1, 0.15) is 6.04 Å². The fourth-order valence-electron chi connectivity index (χ4n) is 3.12. The van der Waals surface area contributed by atoms with Gasteiger partial charge in [-0.25, -0.2) is 0 Å². The zero-order valence-electron chi connectivity index (χ0n) is 11.6. The van der Waals surface area contributed by atoms with E-state index in [1.807, 2.05) is 7.05 Å². The number of likely N-dealkylation sites (tertiary alicyclic amines) is 1. The van der Waals surface area contributed by atoms with Gasteiger partial charge in [-0.15, -0.1) is 0 Å². The molecule has 0 aliphatic carbocycles. The number of nitrogens with zero attached hydrogens (tertiary/aromatic N) is 2. The van der Waals surface area contributed by atoms with E-state index in [9.17, 15) is 13.2 Å². The van der Waals surface area contributed by atoms with Crippen LogP contribution in [-0.4, -0.2) is 73.5 Å². The molecule has 0 radical (unpaired) electrons. The number of nitrogens with one attached hydrogen (secondary N) is 1. The summed E-state index contributed by atoms with van der Waals surface area (Å²) >= 11 is 0. The molecule has 8 nitrogen and oxygen atoms in total. The van der Waals surface area contributed by atoms with E-state index >= 15 is 0 Å². The van der Waals surface area contributed by atoms with E-state index in [4.69, 9.17) is 10.8 Å². The maximum absolute atomic E-state index is 12.4. The van der Waals surface area contributed by atoms with Gasteiger partial charge in [0.2, 0.25) is 0 Å². The quantitative estimate of drug-likeness (QED) is 0.563. The molecule has 0 bridgehead atoms. The van der Waals surface area contributed by atoms with Crippen LogP contribution in [0.3, 0.4) is 0 Å². The topological polar surface area (TPSA) is 116 Å². The third-order valence-corrected chi connectivity index (χ3v) is 5.83. The first-order valence-corrected chi connectivity index (χ1v) is 8.15. The molecule has 20 heavy (non-hydrogen) atoms. The summed E-state index contributed by atoms with van der Waals surface area (Å²) in [7, 11) is -1.71. The molecule has 0 aromatic carbocycles. The van der Waals surface area contributed by atoms with E-state index < -0.39 is 22.2 Å². The first kappa shape index (κ1) is 15.6. The highest BCUT2D eigenvalue weighted by Gasteiger charge is 2.50. The van der Waals surface area contributed by atoms with E-state index in [0.29, 0.717) is 6.54 Å². The normalized spacial score (nSPS) is 30.1. The number of rotatable bonds is 5. The molecule has 1 unspecified atom stereocenters. The van der Waals surface area contributed by atoms with Gasteiger partial charge in [0, 0.05) is 19.6 Å². The molecule has 116 valence electrons. The van der Waals surface area contributed by atoms with Gasteiger partial charge in [-0.05, 0) is 32.9 Å². The Morgan fingerprint density at radius 2 is 2.15 bits per heavy atom. The summed E-state index contributed by atoms with van der Waals surface area (Å²) in [5.41, 5.74) is 5.00. The molecule has 4 N–H and O–H groups in total. The first-order chi connectivity index (χ1) is 9.27. The van der Waals surface area contributed by atoms with Gasteiger partial charge >= 0.3 is 5.97 Å². The molecule has 2 atom stereocenters. The smallest absolute Gasteiger partial charge is 0.321 e. The van der Waals surface area contributed by atoms with Gasteiger partial charge in [0.25, 0.3) is 10.2 Å². The summed E-state index contributed by atoms with van der Waals surface area (Å²) in [6.07, 6.45) is 2.50. The Morgan fingerprint density at radius 1 is 1.45 bits per heavy atom. The Balaban J connectivity index is 2.07. The predicted molar refractivity (Wildman–Crippen MR) is 73.3 cm³/mol. The van der Waals surface area contributed by atoms with Crippen LogP contribution < -0.4 is 10.5 Å². The van der Waals surface area contributed by atoms with Crippen molar-refractivity contribution in [2.75, 3.05) is 33.2 Å². The van der Waals surface area contributed by atoms with Gasteiger partial charge < -0.3 is 15.7 Å². The molecular weight excluding hydrogens is 284 g/mol. The first-order valence-electron chi connectivity index (χ1n) is 6.71. The fourth-order valence-corrected chi connectivity index (χ4v) is 4.78. The van der Waals surface area contributed by atoms with E-state index in [1.54, 1.807) is 0 Å². The zero-order valence-corrected chi connectivity index (χ0v) is 12.4. The summed E-state index contributed by atoms with van der Waals surface area (Å²) in [6, 6.07) is -1.23. The average molecular weight is 306 g/mol. The van der Waals surface area contributed by atoms with Crippen molar-refractivity contribution >= 4 is 16.2 Å². The van der Waals surface area contributed by atoms with Crippen molar-refractivity contribution in [3.05, 3.63) is 0 Å². The minimum Gasteiger partial charge on any atom is -0.480 e. The second-order valence-electron chi connectivity index (χ2n) is 5.69. The van der Waals surface area contributed by atoms with Gasteiger partial charge in [0.15, 0.2) is 0 Å². The number of carboxylic acids is 1. The van der Waals surface area contributed by atoms with Crippen molar-refractivity contribution in [3.8, 4) is 0 Å². The Labute approximate surface area is 119 Å². The molecular formula is C11H22N4O4S. The number of aliphatic carboxylic acids is 1. The van der Waals surface area contributed by atoms with Crippen molar-refractivity contribution < 1.29 is 18.3 Å². The minimum atomic E-state index is -3.69. The highest BCUT2D eigenvalue weighted by Crippen LogP contribution is 2.38. The van der Waals surface area contributed by atoms with Gasteiger partial charge in [-0.1, -0.05) is 0 Å². The van der Waals surface area contributed by atoms with Crippen molar-refractivity contribution in [3.63, 3.8) is 0 Å². The van der Waals surface area contributed by atoms with Crippen molar-refractivity contribution in [2.24, 2.45) is 5.73 Å². The van der Waals surface area contributed by atoms with Crippen LogP contribution in [0.1, 0.15) is 19.3 Å². The van der Waals surface area contributed by atoms with Crippen molar-refractivity contribution in [1.29, 1.82) is 0 Å². The van der Waals surface area contributed by atoms with Crippen LogP contribution in [0.5, 0.6) is 0 Å². The summed E-state index contributed by atoms with van der Waals surface area (Å²) in [6.45, 7) is 1.78. The number of hydrogen-bond acceptors (Lipinski definition) is 5. The largest absolute Gasteiger partial charge is 0.480 e. The van der Waals surface area contributed by atoms with Crippen LogP contribution in [0.25, 0.3) is 0 Å². The van der Waals surface area contributed by atoms with Crippen molar-refractivity contribution in [2.45, 2.75) is 30.8 Å². The third kappa shape index (κ3) is 2.96.